The van der Waals surface area contributed by atoms with Crippen LogP contribution in [0.2, 0.25) is 0 Å². The average molecular weight is 378 g/mol. The lowest BCUT2D eigenvalue weighted by atomic mass is 9.77. The summed E-state index contributed by atoms with van der Waals surface area (Å²) in [6.45, 7) is 17.0. The zero-order valence-electron chi connectivity index (χ0n) is 17.9. The highest BCUT2D eigenvalue weighted by molar-refractivity contribution is 7.89. The molecule has 0 fully saturated rings. The standard InChI is InChI=1S/C20H43NO3S/c1-9-13-16(19(5,6)12-4)24-17(14-10-2)20(7,8)18(15-11-3)25(21,22)23/h16-18H,9-15H2,1-8H3,(H2,21,22,23). The van der Waals surface area contributed by atoms with Gasteiger partial charge < -0.3 is 4.74 Å². The predicted molar refractivity (Wildman–Crippen MR) is 108 cm³/mol. The molecule has 0 heterocycles. The van der Waals surface area contributed by atoms with E-state index in [1.54, 1.807) is 0 Å². The van der Waals surface area contributed by atoms with Crippen LogP contribution >= 0.6 is 0 Å². The van der Waals surface area contributed by atoms with Crippen LogP contribution in [-0.2, 0) is 14.8 Å². The summed E-state index contributed by atoms with van der Waals surface area (Å²) >= 11 is 0. The van der Waals surface area contributed by atoms with Crippen molar-refractivity contribution in [3.05, 3.63) is 0 Å². The third kappa shape index (κ3) is 7.18. The van der Waals surface area contributed by atoms with Gasteiger partial charge in [0.1, 0.15) is 0 Å². The van der Waals surface area contributed by atoms with Gasteiger partial charge in [-0.3, -0.25) is 0 Å². The quantitative estimate of drug-likeness (QED) is 0.476. The summed E-state index contributed by atoms with van der Waals surface area (Å²) in [4.78, 5) is 0. The van der Waals surface area contributed by atoms with E-state index in [1.165, 1.54) is 0 Å². The molecular weight excluding hydrogens is 334 g/mol. The first-order chi connectivity index (χ1) is 11.4. The van der Waals surface area contributed by atoms with Crippen molar-refractivity contribution in [1.82, 2.24) is 0 Å². The molecule has 0 aromatic carbocycles. The summed E-state index contributed by atoms with van der Waals surface area (Å²) in [5.74, 6) is 0. The fraction of sp³-hybridized carbons (Fsp3) is 1.00. The van der Waals surface area contributed by atoms with E-state index in [0.29, 0.717) is 6.42 Å². The van der Waals surface area contributed by atoms with Gasteiger partial charge in [0.05, 0.1) is 17.5 Å². The van der Waals surface area contributed by atoms with Gasteiger partial charge in [-0.05, 0) is 31.1 Å². The molecule has 0 saturated carbocycles. The molecule has 2 N–H and O–H groups in total. The minimum atomic E-state index is -3.62. The van der Waals surface area contributed by atoms with Crippen LogP contribution in [0.15, 0.2) is 0 Å². The second-order valence-corrected chi connectivity index (χ2v) is 10.5. The van der Waals surface area contributed by atoms with E-state index < -0.39 is 20.7 Å². The molecule has 0 aliphatic rings. The number of rotatable bonds is 13. The Bertz CT molecular complexity index is 471. The first-order valence-electron chi connectivity index (χ1n) is 10.0. The number of hydrogen-bond donors (Lipinski definition) is 1. The summed E-state index contributed by atoms with van der Waals surface area (Å²) in [5, 5.41) is 5.03. The molecule has 3 unspecified atom stereocenters. The smallest absolute Gasteiger partial charge is 0.212 e. The van der Waals surface area contributed by atoms with E-state index in [-0.39, 0.29) is 17.6 Å². The highest BCUT2D eigenvalue weighted by Crippen LogP contribution is 2.40. The van der Waals surface area contributed by atoms with Gasteiger partial charge in [0.25, 0.3) is 0 Å². The Kier molecular flexibility index (Phi) is 10.2. The van der Waals surface area contributed by atoms with Gasteiger partial charge in [0, 0.05) is 5.41 Å². The zero-order valence-corrected chi connectivity index (χ0v) is 18.7. The number of sulfonamides is 1. The van der Waals surface area contributed by atoms with Crippen LogP contribution in [0.25, 0.3) is 0 Å². The van der Waals surface area contributed by atoms with Crippen LogP contribution in [0.4, 0.5) is 0 Å². The van der Waals surface area contributed by atoms with Crippen molar-refractivity contribution in [2.45, 2.75) is 118 Å². The lowest BCUT2D eigenvalue weighted by molar-refractivity contribution is -0.123. The van der Waals surface area contributed by atoms with Gasteiger partial charge in [-0.15, -0.1) is 0 Å². The van der Waals surface area contributed by atoms with E-state index in [4.69, 9.17) is 9.88 Å². The van der Waals surface area contributed by atoms with E-state index in [2.05, 4.69) is 34.6 Å². The monoisotopic (exact) mass is 377 g/mol. The second kappa shape index (κ2) is 10.3. The van der Waals surface area contributed by atoms with Crippen LogP contribution < -0.4 is 5.14 Å². The van der Waals surface area contributed by atoms with E-state index in [0.717, 1.165) is 38.5 Å². The van der Waals surface area contributed by atoms with Gasteiger partial charge in [0.15, 0.2) is 0 Å². The highest BCUT2D eigenvalue weighted by Gasteiger charge is 2.45. The third-order valence-electron chi connectivity index (χ3n) is 5.82. The Morgan fingerprint density at radius 3 is 1.64 bits per heavy atom. The Hall–Kier alpha value is -0.130. The van der Waals surface area contributed by atoms with E-state index in [9.17, 15) is 8.42 Å². The summed E-state index contributed by atoms with van der Waals surface area (Å²) in [7, 11) is -3.62. The van der Waals surface area contributed by atoms with Crippen LogP contribution in [-0.4, -0.2) is 25.9 Å². The molecule has 0 aliphatic heterocycles. The molecule has 0 spiro atoms. The van der Waals surface area contributed by atoms with Crippen molar-refractivity contribution < 1.29 is 13.2 Å². The maximum Gasteiger partial charge on any atom is 0.212 e. The maximum absolute atomic E-state index is 12.3. The molecule has 0 aromatic rings. The third-order valence-corrected chi connectivity index (χ3v) is 7.46. The number of ether oxygens (including phenoxy) is 1. The van der Waals surface area contributed by atoms with Crippen molar-refractivity contribution in [2.75, 3.05) is 0 Å². The minimum Gasteiger partial charge on any atom is -0.374 e. The molecule has 0 aromatic heterocycles. The molecule has 0 aliphatic carbocycles. The molecule has 5 heteroatoms. The van der Waals surface area contributed by atoms with Crippen molar-refractivity contribution in [2.24, 2.45) is 16.0 Å². The minimum absolute atomic E-state index is 0.0694. The molecule has 0 rings (SSSR count). The van der Waals surface area contributed by atoms with Crippen LogP contribution in [0.1, 0.15) is 100 Å². The van der Waals surface area contributed by atoms with Crippen molar-refractivity contribution in [3.8, 4) is 0 Å². The molecule has 0 bridgehead atoms. The van der Waals surface area contributed by atoms with Gasteiger partial charge in [-0.1, -0.05) is 74.7 Å². The Labute approximate surface area is 157 Å². The molecule has 152 valence electrons. The second-order valence-electron chi connectivity index (χ2n) is 8.72. The predicted octanol–water partition coefficient (Wildman–Crippen LogP) is 5.26. The van der Waals surface area contributed by atoms with Crippen LogP contribution in [0, 0.1) is 10.8 Å². The first-order valence-corrected chi connectivity index (χ1v) is 11.7. The van der Waals surface area contributed by atoms with Crippen molar-refractivity contribution in [3.63, 3.8) is 0 Å². The summed E-state index contributed by atoms with van der Waals surface area (Å²) < 4.78 is 31.2. The van der Waals surface area contributed by atoms with Gasteiger partial charge >= 0.3 is 0 Å². The van der Waals surface area contributed by atoms with E-state index >= 15 is 0 Å². The molecule has 4 nitrogen and oxygen atoms in total. The Morgan fingerprint density at radius 1 is 0.840 bits per heavy atom. The average Bonchev–Trinajstić information content (AvgIpc) is 2.49. The summed E-state index contributed by atoms with van der Waals surface area (Å²) in [6, 6.07) is 0. The normalized spacial score (nSPS) is 17.3. The lowest BCUT2D eigenvalue weighted by Crippen LogP contribution is -2.50. The molecular formula is C20H43NO3S. The molecule has 3 atom stereocenters. The molecule has 25 heavy (non-hydrogen) atoms. The Balaban J connectivity index is 5.74. The van der Waals surface area contributed by atoms with Crippen LogP contribution in [0.3, 0.4) is 0 Å². The fourth-order valence-electron chi connectivity index (χ4n) is 3.64. The largest absolute Gasteiger partial charge is 0.374 e. The Morgan fingerprint density at radius 2 is 1.28 bits per heavy atom. The number of hydrogen-bond acceptors (Lipinski definition) is 3. The lowest BCUT2D eigenvalue weighted by Gasteiger charge is -2.44. The maximum atomic E-state index is 12.3. The van der Waals surface area contributed by atoms with Gasteiger partial charge in [-0.2, -0.15) is 0 Å². The number of primary sulfonamides is 1. The SMILES string of the molecule is CCCC(OC(CCC)C(C)(C)C(CCC)S(N)(=O)=O)C(C)(C)CC. The highest BCUT2D eigenvalue weighted by atomic mass is 32.2. The molecule has 0 amide bonds. The summed E-state index contributed by atoms with van der Waals surface area (Å²) in [5.41, 5.74) is -0.449. The van der Waals surface area contributed by atoms with Crippen molar-refractivity contribution in [1.29, 1.82) is 0 Å². The van der Waals surface area contributed by atoms with Crippen molar-refractivity contribution >= 4 is 10.0 Å². The molecule has 0 radical (unpaired) electrons. The van der Waals surface area contributed by atoms with Gasteiger partial charge in [-0.25, -0.2) is 13.6 Å². The van der Waals surface area contributed by atoms with Gasteiger partial charge in [0.2, 0.25) is 10.0 Å². The topological polar surface area (TPSA) is 69.4 Å². The van der Waals surface area contributed by atoms with Crippen LogP contribution in [0.5, 0.6) is 0 Å². The molecule has 0 saturated heterocycles. The summed E-state index contributed by atoms with van der Waals surface area (Å²) in [6.07, 6.45) is 6.27. The number of nitrogens with two attached hydrogens (primary N) is 1. The van der Waals surface area contributed by atoms with E-state index in [1.807, 2.05) is 20.8 Å². The first kappa shape index (κ1) is 24.9. The fourth-order valence-corrected chi connectivity index (χ4v) is 5.20. The zero-order chi connectivity index (χ0) is 19.9.